The molecule has 4 fully saturated rings. The van der Waals surface area contributed by atoms with Gasteiger partial charge in [-0.25, -0.2) is 19.6 Å². The maximum absolute atomic E-state index is 10.4. The van der Waals surface area contributed by atoms with Crippen molar-refractivity contribution in [3.8, 4) is 11.5 Å². The van der Waals surface area contributed by atoms with Gasteiger partial charge in [0.1, 0.15) is 43.0 Å². The second kappa shape index (κ2) is 14.1. The van der Waals surface area contributed by atoms with Crippen LogP contribution < -0.4 is 9.47 Å². The molecule has 238 valence electrons. The minimum absolute atomic E-state index is 0.0885. The fourth-order valence-corrected chi connectivity index (χ4v) is 6.14. The van der Waals surface area contributed by atoms with Crippen LogP contribution in [0.4, 0.5) is 0 Å². The Labute approximate surface area is 259 Å². The van der Waals surface area contributed by atoms with Gasteiger partial charge in [0.25, 0.3) is 0 Å². The molecule has 44 heavy (non-hydrogen) atoms. The van der Waals surface area contributed by atoms with E-state index in [0.29, 0.717) is 24.7 Å². The number of aliphatic hydroxyl groups is 1. The molecule has 1 N–H and O–H groups in total. The molecule has 0 amide bonds. The van der Waals surface area contributed by atoms with E-state index in [9.17, 15) is 5.11 Å². The molecule has 2 aromatic carbocycles. The number of aliphatic hydroxyl groups excluding tert-OH is 1. The molecule has 0 radical (unpaired) electrons. The fourth-order valence-electron chi connectivity index (χ4n) is 6.14. The average Bonchev–Trinajstić information content (AvgIpc) is 3.08. The van der Waals surface area contributed by atoms with E-state index in [1.54, 1.807) is 0 Å². The summed E-state index contributed by atoms with van der Waals surface area (Å²) in [5.74, 6) is 0.0799. The molecule has 4 aliphatic rings. The number of rotatable bonds is 10. The number of ether oxygens (including phenoxy) is 4. The van der Waals surface area contributed by atoms with E-state index < -0.39 is 17.7 Å². The topological polar surface area (TPSA) is 94.1 Å². The Bertz CT molecular complexity index is 1130. The summed E-state index contributed by atoms with van der Waals surface area (Å²) in [6.07, 6.45) is 8.67. The normalized spacial score (nSPS) is 25.3. The van der Waals surface area contributed by atoms with Crippen LogP contribution in [0.5, 0.6) is 11.5 Å². The summed E-state index contributed by atoms with van der Waals surface area (Å²) in [6.45, 7) is 9.39. The second-order valence-corrected chi connectivity index (χ2v) is 12.3. The summed E-state index contributed by atoms with van der Waals surface area (Å²) >= 11 is 0. The average molecular weight is 609 g/mol. The Kier molecular flexibility index (Phi) is 10.0. The van der Waals surface area contributed by atoms with Crippen molar-refractivity contribution in [2.75, 3.05) is 26.4 Å². The van der Waals surface area contributed by atoms with Crippen molar-refractivity contribution < 1.29 is 43.6 Å². The fraction of sp³-hybridized carbons (Fsp3) is 0.543. The van der Waals surface area contributed by atoms with E-state index >= 15 is 0 Å². The van der Waals surface area contributed by atoms with Crippen LogP contribution in [0, 0.1) is 0 Å². The van der Waals surface area contributed by atoms with Gasteiger partial charge < -0.3 is 24.1 Å². The molecule has 2 unspecified atom stereocenters. The molecule has 9 heteroatoms. The Morgan fingerprint density at radius 1 is 0.659 bits per heavy atom. The van der Waals surface area contributed by atoms with Crippen molar-refractivity contribution in [1.82, 2.24) is 0 Å². The van der Waals surface area contributed by atoms with Crippen molar-refractivity contribution in [3.63, 3.8) is 0 Å². The molecule has 2 spiro atoms. The summed E-state index contributed by atoms with van der Waals surface area (Å²) in [7, 11) is 0. The molecule has 2 aliphatic carbocycles. The summed E-state index contributed by atoms with van der Waals surface area (Å²) in [5, 5.41) is 10.4. The molecule has 2 aliphatic heterocycles. The minimum atomic E-state index is -0.812. The minimum Gasteiger partial charge on any atom is -0.491 e. The summed E-state index contributed by atoms with van der Waals surface area (Å²) in [6, 6.07) is 15.0. The first-order valence-electron chi connectivity index (χ1n) is 15.9. The molecule has 2 saturated carbocycles. The van der Waals surface area contributed by atoms with Crippen LogP contribution in [0.25, 0.3) is 11.1 Å². The first-order chi connectivity index (χ1) is 21.4. The zero-order valence-electron chi connectivity index (χ0n) is 25.4. The van der Waals surface area contributed by atoms with E-state index in [2.05, 4.69) is 13.2 Å². The number of benzene rings is 2. The van der Waals surface area contributed by atoms with Crippen LogP contribution in [0.2, 0.25) is 0 Å². The van der Waals surface area contributed by atoms with Gasteiger partial charge in [0.15, 0.2) is 0 Å². The third-order valence-corrected chi connectivity index (χ3v) is 8.97. The second-order valence-electron chi connectivity index (χ2n) is 12.3. The molecule has 2 aromatic rings. The summed E-state index contributed by atoms with van der Waals surface area (Å²) < 4.78 is 23.7. The molecular formula is C35H44O9. The van der Waals surface area contributed by atoms with Gasteiger partial charge in [-0.05, 0) is 72.2 Å². The van der Waals surface area contributed by atoms with Gasteiger partial charge in [-0.3, -0.25) is 0 Å². The molecule has 0 aromatic heterocycles. The first kappa shape index (κ1) is 31.2. The largest absolute Gasteiger partial charge is 0.491 e. The van der Waals surface area contributed by atoms with E-state index in [4.69, 9.17) is 38.5 Å². The predicted octanol–water partition coefficient (Wildman–Crippen LogP) is 6.55. The van der Waals surface area contributed by atoms with Crippen LogP contribution in [0.15, 0.2) is 61.7 Å². The highest BCUT2D eigenvalue weighted by Crippen LogP contribution is 2.39. The van der Waals surface area contributed by atoms with Crippen molar-refractivity contribution in [3.05, 3.63) is 72.8 Å². The highest BCUT2D eigenvalue weighted by atomic mass is 17.2. The van der Waals surface area contributed by atoms with Crippen molar-refractivity contribution in [2.45, 2.75) is 94.1 Å². The zero-order valence-corrected chi connectivity index (χ0v) is 25.4. The summed E-state index contributed by atoms with van der Waals surface area (Å²) in [4.78, 5) is 22.8. The lowest BCUT2D eigenvalue weighted by Crippen LogP contribution is -2.46. The van der Waals surface area contributed by atoms with Gasteiger partial charge in [0.2, 0.25) is 11.6 Å². The molecule has 2 atom stereocenters. The molecule has 2 saturated heterocycles. The maximum Gasteiger partial charge on any atom is 0.201 e. The molecule has 6 rings (SSSR count). The lowest BCUT2D eigenvalue weighted by molar-refractivity contribution is -0.483. The van der Waals surface area contributed by atoms with Crippen molar-refractivity contribution >= 4 is 11.1 Å². The molecule has 2 heterocycles. The van der Waals surface area contributed by atoms with Gasteiger partial charge in [-0.2, -0.15) is 0 Å². The Hall–Kier alpha value is -2.76. The molecular weight excluding hydrogens is 564 g/mol. The van der Waals surface area contributed by atoms with Gasteiger partial charge in [0, 0.05) is 25.7 Å². The standard InChI is InChI=1S/C35H44O9/c1-25(32-23-39-34(43-41-32)17-5-3-6-18-34)27-9-13-30(14-10-27)37-21-29(36)22-38-31-15-11-28(12-16-31)26(2)33-24-40-35(44-42-33)19-7-4-8-20-35/h9-16,29,32-33,36H,1-8,17-24H2. The monoisotopic (exact) mass is 608 g/mol. The highest BCUT2D eigenvalue weighted by molar-refractivity contribution is 5.68. The van der Waals surface area contributed by atoms with Crippen LogP contribution in [0.3, 0.4) is 0 Å². The van der Waals surface area contributed by atoms with Gasteiger partial charge in [0.05, 0.1) is 13.2 Å². The van der Waals surface area contributed by atoms with Gasteiger partial charge >= 0.3 is 0 Å². The van der Waals surface area contributed by atoms with Crippen LogP contribution >= 0.6 is 0 Å². The van der Waals surface area contributed by atoms with Crippen molar-refractivity contribution in [1.29, 1.82) is 0 Å². The number of hydrogen-bond donors (Lipinski definition) is 1. The number of hydrogen-bond acceptors (Lipinski definition) is 9. The SMILES string of the molecule is C=C(c1ccc(OCC(O)COc2ccc(C(=C)C3COC4(CCCCC4)OO3)cc2)cc1)C1COC2(CCCCC2)OO1. The van der Waals surface area contributed by atoms with Gasteiger partial charge in [-0.1, -0.05) is 50.3 Å². The van der Waals surface area contributed by atoms with Gasteiger partial charge in [-0.15, -0.1) is 0 Å². The lowest BCUT2D eigenvalue weighted by atomic mass is 9.94. The lowest BCUT2D eigenvalue weighted by Gasteiger charge is -2.41. The first-order valence-corrected chi connectivity index (χ1v) is 15.9. The van der Waals surface area contributed by atoms with Crippen LogP contribution in [0.1, 0.15) is 75.3 Å². The Balaban J connectivity index is 0.901. The smallest absolute Gasteiger partial charge is 0.201 e. The van der Waals surface area contributed by atoms with E-state index in [-0.39, 0.29) is 25.4 Å². The van der Waals surface area contributed by atoms with E-state index in [1.807, 2.05) is 48.5 Å². The molecule has 9 nitrogen and oxygen atoms in total. The van der Waals surface area contributed by atoms with Crippen LogP contribution in [-0.2, 0) is 29.0 Å². The summed E-state index contributed by atoms with van der Waals surface area (Å²) in [5.41, 5.74) is 3.39. The van der Waals surface area contributed by atoms with Crippen LogP contribution in [-0.4, -0.2) is 61.4 Å². The predicted molar refractivity (Wildman–Crippen MR) is 163 cm³/mol. The van der Waals surface area contributed by atoms with E-state index in [1.165, 1.54) is 12.8 Å². The Morgan fingerprint density at radius 3 is 1.39 bits per heavy atom. The van der Waals surface area contributed by atoms with E-state index in [0.717, 1.165) is 73.6 Å². The highest BCUT2D eigenvalue weighted by Gasteiger charge is 2.42. The quantitative estimate of drug-likeness (QED) is 0.302. The Morgan fingerprint density at radius 2 is 1.05 bits per heavy atom. The third-order valence-electron chi connectivity index (χ3n) is 8.97. The van der Waals surface area contributed by atoms with Crippen molar-refractivity contribution in [2.24, 2.45) is 0 Å². The zero-order chi connectivity index (χ0) is 30.4. The maximum atomic E-state index is 10.4. The third kappa shape index (κ3) is 7.54. The molecule has 0 bridgehead atoms.